The topological polar surface area (TPSA) is 78.9 Å². The highest BCUT2D eigenvalue weighted by Gasteiger charge is 2.19. The summed E-state index contributed by atoms with van der Waals surface area (Å²) in [6.07, 6.45) is 45.5. The van der Waals surface area contributed by atoms with E-state index in [1.807, 2.05) is 0 Å². The van der Waals surface area contributed by atoms with Gasteiger partial charge in [0.05, 0.1) is 0 Å². The molecule has 0 aliphatic rings. The predicted octanol–water partition coefficient (Wildman–Crippen LogP) is 15.9. The molecule has 6 heteroatoms. The van der Waals surface area contributed by atoms with Crippen LogP contribution in [0.1, 0.15) is 278 Å². The molecule has 0 fully saturated rings. The van der Waals surface area contributed by atoms with Gasteiger partial charge in [-0.3, -0.25) is 14.4 Å². The van der Waals surface area contributed by atoms with Crippen molar-refractivity contribution in [1.82, 2.24) is 0 Å². The summed E-state index contributed by atoms with van der Waals surface area (Å²) in [5, 5.41) is 0. The summed E-state index contributed by atoms with van der Waals surface area (Å²) in [5.74, 6) is 0.0453. The summed E-state index contributed by atoms with van der Waals surface area (Å²) >= 11 is 0. The lowest BCUT2D eigenvalue weighted by atomic mass is 9.99. The van der Waals surface area contributed by atoms with E-state index in [4.69, 9.17) is 14.2 Å². The zero-order valence-electron chi connectivity index (χ0n) is 38.1. The Bertz CT molecular complexity index is 843. The van der Waals surface area contributed by atoms with Crippen LogP contribution in [0.4, 0.5) is 0 Å². The van der Waals surface area contributed by atoms with Gasteiger partial charge in [-0.15, -0.1) is 0 Å². The number of hydrogen-bond acceptors (Lipinski definition) is 6. The van der Waals surface area contributed by atoms with Gasteiger partial charge in [0, 0.05) is 19.3 Å². The molecule has 0 N–H and O–H groups in total. The van der Waals surface area contributed by atoms with Crippen LogP contribution in [0.5, 0.6) is 0 Å². The molecule has 6 nitrogen and oxygen atoms in total. The van der Waals surface area contributed by atoms with Gasteiger partial charge < -0.3 is 14.2 Å². The van der Waals surface area contributed by atoms with Gasteiger partial charge in [0.25, 0.3) is 0 Å². The molecular weight excluding hydrogens is 697 g/mol. The number of carbonyl (C=O) groups excluding carboxylic acids is 3. The summed E-state index contributed by atoms with van der Waals surface area (Å²) < 4.78 is 16.6. The zero-order valence-corrected chi connectivity index (χ0v) is 38.1. The fourth-order valence-electron chi connectivity index (χ4n) is 7.48. The maximum Gasteiger partial charge on any atom is 0.306 e. The third-order valence-corrected chi connectivity index (χ3v) is 11.7. The molecule has 0 rings (SSSR count). The fourth-order valence-corrected chi connectivity index (χ4v) is 7.48. The lowest BCUT2D eigenvalue weighted by Crippen LogP contribution is -2.30. The van der Waals surface area contributed by atoms with E-state index in [1.54, 1.807) is 0 Å². The SMILES string of the molecule is CCCCCCCCCCCCCC(=O)OC[C@H](COC(=O)CCCCCCCCCCCCCCCCCCCCC(C)CC)OC(=O)CCCCCCC. The van der Waals surface area contributed by atoms with Crippen LogP contribution < -0.4 is 0 Å². The van der Waals surface area contributed by atoms with Crippen LogP contribution in [-0.2, 0) is 28.6 Å². The largest absolute Gasteiger partial charge is 0.462 e. The molecule has 1 unspecified atom stereocenters. The van der Waals surface area contributed by atoms with Crippen molar-refractivity contribution in [3.05, 3.63) is 0 Å². The molecule has 0 aromatic heterocycles. The number of unbranched alkanes of at least 4 members (excludes halogenated alkanes) is 31. The highest BCUT2D eigenvalue weighted by molar-refractivity contribution is 5.71. The minimum absolute atomic E-state index is 0.0646. The Labute approximate surface area is 348 Å². The molecule has 0 aliphatic heterocycles. The van der Waals surface area contributed by atoms with E-state index in [0.717, 1.165) is 70.1 Å². The molecule has 0 saturated heterocycles. The monoisotopic (exact) mass is 793 g/mol. The molecule has 2 atom stereocenters. The molecule has 0 aliphatic carbocycles. The van der Waals surface area contributed by atoms with Crippen LogP contribution in [0.15, 0.2) is 0 Å². The standard InChI is InChI=1S/C50H96O6/c1-5-8-10-12-13-14-23-27-30-34-37-41-48(51)54-44-47(56-50(53)43-39-32-11-9-6-2)45-55-49(52)42-38-35-31-28-25-22-20-18-16-15-17-19-21-24-26-29-33-36-40-46(4)7-3/h46-47H,5-45H2,1-4H3/t46?,47-/m1/s1. The van der Waals surface area contributed by atoms with Crippen molar-refractivity contribution in [3.8, 4) is 0 Å². The molecular formula is C50H96O6. The van der Waals surface area contributed by atoms with E-state index in [0.29, 0.717) is 19.3 Å². The summed E-state index contributed by atoms with van der Waals surface area (Å²) in [6, 6.07) is 0. The maximum atomic E-state index is 12.5. The van der Waals surface area contributed by atoms with Crippen molar-refractivity contribution >= 4 is 17.9 Å². The van der Waals surface area contributed by atoms with Crippen LogP contribution in [0, 0.1) is 5.92 Å². The second-order valence-electron chi connectivity index (χ2n) is 17.3. The average Bonchev–Trinajstić information content (AvgIpc) is 3.19. The summed E-state index contributed by atoms with van der Waals surface area (Å²) in [5.41, 5.74) is 0. The van der Waals surface area contributed by atoms with Gasteiger partial charge in [-0.1, -0.05) is 240 Å². The number of rotatable bonds is 45. The van der Waals surface area contributed by atoms with Gasteiger partial charge in [-0.2, -0.15) is 0 Å². The number of hydrogen-bond donors (Lipinski definition) is 0. The molecule has 0 aromatic rings. The Hall–Kier alpha value is -1.59. The smallest absolute Gasteiger partial charge is 0.306 e. The Kier molecular flexibility index (Phi) is 43.2. The molecule has 0 spiro atoms. The van der Waals surface area contributed by atoms with Crippen LogP contribution in [0.25, 0.3) is 0 Å². The minimum atomic E-state index is -0.757. The molecule has 0 amide bonds. The zero-order chi connectivity index (χ0) is 41.0. The first kappa shape index (κ1) is 54.4. The average molecular weight is 793 g/mol. The maximum absolute atomic E-state index is 12.5. The predicted molar refractivity (Wildman–Crippen MR) is 238 cm³/mol. The minimum Gasteiger partial charge on any atom is -0.462 e. The Morgan fingerprint density at radius 1 is 0.357 bits per heavy atom. The third-order valence-electron chi connectivity index (χ3n) is 11.7. The van der Waals surface area contributed by atoms with Crippen molar-refractivity contribution in [1.29, 1.82) is 0 Å². The molecule has 0 heterocycles. The van der Waals surface area contributed by atoms with E-state index >= 15 is 0 Å². The molecule has 0 saturated carbocycles. The first-order valence-corrected chi connectivity index (χ1v) is 24.9. The van der Waals surface area contributed by atoms with E-state index in [-0.39, 0.29) is 31.1 Å². The molecule has 332 valence electrons. The number of carbonyl (C=O) groups is 3. The summed E-state index contributed by atoms with van der Waals surface area (Å²) in [7, 11) is 0. The second kappa shape index (κ2) is 44.5. The highest BCUT2D eigenvalue weighted by Crippen LogP contribution is 2.17. The summed E-state index contributed by atoms with van der Waals surface area (Å²) in [6.45, 7) is 8.98. The van der Waals surface area contributed by atoms with Crippen molar-refractivity contribution in [2.24, 2.45) is 5.92 Å². The Morgan fingerprint density at radius 3 is 0.929 bits per heavy atom. The van der Waals surface area contributed by atoms with E-state index < -0.39 is 6.10 Å². The van der Waals surface area contributed by atoms with Crippen molar-refractivity contribution in [2.45, 2.75) is 284 Å². The third kappa shape index (κ3) is 42.0. The van der Waals surface area contributed by atoms with E-state index in [9.17, 15) is 14.4 Å². The van der Waals surface area contributed by atoms with Gasteiger partial charge in [-0.05, 0) is 25.2 Å². The van der Waals surface area contributed by atoms with E-state index in [1.165, 1.54) is 167 Å². The second-order valence-corrected chi connectivity index (χ2v) is 17.3. The molecule has 56 heavy (non-hydrogen) atoms. The quantitative estimate of drug-likeness (QED) is 0.0347. The van der Waals surface area contributed by atoms with Gasteiger partial charge in [-0.25, -0.2) is 0 Å². The number of esters is 3. The summed E-state index contributed by atoms with van der Waals surface area (Å²) in [4.78, 5) is 37.5. The highest BCUT2D eigenvalue weighted by atomic mass is 16.6. The lowest BCUT2D eigenvalue weighted by molar-refractivity contribution is -0.167. The van der Waals surface area contributed by atoms with Crippen LogP contribution in [0.3, 0.4) is 0 Å². The first-order chi connectivity index (χ1) is 27.4. The Morgan fingerprint density at radius 2 is 0.625 bits per heavy atom. The van der Waals surface area contributed by atoms with Crippen LogP contribution in [0.2, 0.25) is 0 Å². The number of ether oxygens (including phenoxy) is 3. The molecule has 0 radical (unpaired) electrons. The van der Waals surface area contributed by atoms with Gasteiger partial charge in [0.2, 0.25) is 0 Å². The van der Waals surface area contributed by atoms with Crippen molar-refractivity contribution < 1.29 is 28.6 Å². The van der Waals surface area contributed by atoms with Crippen LogP contribution >= 0.6 is 0 Å². The normalized spacial score (nSPS) is 12.4. The fraction of sp³-hybridized carbons (Fsp3) is 0.940. The van der Waals surface area contributed by atoms with Gasteiger partial charge in [0.15, 0.2) is 6.10 Å². The van der Waals surface area contributed by atoms with Crippen molar-refractivity contribution in [2.75, 3.05) is 13.2 Å². The van der Waals surface area contributed by atoms with Gasteiger partial charge >= 0.3 is 17.9 Å². The lowest BCUT2D eigenvalue weighted by Gasteiger charge is -2.18. The molecule has 0 bridgehead atoms. The van der Waals surface area contributed by atoms with Crippen LogP contribution in [-0.4, -0.2) is 37.2 Å². The molecule has 0 aromatic carbocycles. The van der Waals surface area contributed by atoms with Crippen molar-refractivity contribution in [3.63, 3.8) is 0 Å². The van der Waals surface area contributed by atoms with Gasteiger partial charge in [0.1, 0.15) is 13.2 Å². The first-order valence-electron chi connectivity index (χ1n) is 24.9. The Balaban J connectivity index is 3.99. The van der Waals surface area contributed by atoms with E-state index in [2.05, 4.69) is 27.7 Å².